The molecule has 0 saturated heterocycles. The van der Waals surface area contributed by atoms with E-state index in [0.717, 1.165) is 38.5 Å². The van der Waals surface area contributed by atoms with Crippen LogP contribution in [0.3, 0.4) is 0 Å². The zero-order chi connectivity index (χ0) is 33.3. The summed E-state index contributed by atoms with van der Waals surface area (Å²) >= 11 is 1.80. The molecule has 1 aromatic heterocycles. The Morgan fingerprint density at radius 1 is 0.440 bits per heavy atom. The molecule has 234 valence electrons. The molecule has 0 radical (unpaired) electrons. The molecular weight excluding hydrogens is 631 g/mol. The number of Topliss-reactive ketones (excluding diaryl/α,β-unsaturated/α-hetero) is 2. The standard InChI is InChI=1S/C46H27NO2S/c48-45-40-25-29-8-4-5-9-30(29)26-41(40)46(49)42(45)23-28-14-18-36-31(22-28)15-19-39-37-21-17-35(24-32(37)16-20-38(36)39)47(34-11-2-1-3-12-34)44-27-33-10-6-7-13-43(33)50-44/h1-27H. The summed E-state index contributed by atoms with van der Waals surface area (Å²) in [6.07, 6.45) is 1.75. The minimum absolute atomic E-state index is 0.210. The van der Waals surface area contributed by atoms with Gasteiger partial charge in [0.1, 0.15) is 5.00 Å². The zero-order valence-electron chi connectivity index (χ0n) is 26.8. The highest BCUT2D eigenvalue weighted by Gasteiger charge is 2.33. The van der Waals surface area contributed by atoms with Gasteiger partial charge in [0.25, 0.3) is 0 Å². The lowest BCUT2D eigenvalue weighted by Crippen LogP contribution is -2.08. The predicted molar refractivity (Wildman–Crippen MR) is 210 cm³/mol. The third kappa shape index (κ3) is 4.50. The fourth-order valence-electron chi connectivity index (χ4n) is 7.49. The van der Waals surface area contributed by atoms with Crippen LogP contribution in [-0.2, 0) is 0 Å². The van der Waals surface area contributed by atoms with E-state index in [0.29, 0.717) is 11.1 Å². The van der Waals surface area contributed by atoms with Crippen LogP contribution in [0.1, 0.15) is 26.3 Å². The number of carbonyl (C=O) groups excluding carboxylic acids is 2. The van der Waals surface area contributed by atoms with Crippen LogP contribution in [0.15, 0.2) is 163 Å². The molecule has 9 aromatic rings. The van der Waals surface area contributed by atoms with E-state index in [1.54, 1.807) is 17.4 Å². The maximum Gasteiger partial charge on any atom is 0.197 e. The van der Waals surface area contributed by atoms with E-state index in [4.69, 9.17) is 0 Å². The lowest BCUT2D eigenvalue weighted by atomic mass is 9.95. The number of carbonyl (C=O) groups is 2. The van der Waals surface area contributed by atoms with Crippen molar-refractivity contribution in [3.05, 3.63) is 180 Å². The van der Waals surface area contributed by atoms with Crippen LogP contribution in [-0.4, -0.2) is 11.6 Å². The molecule has 0 aliphatic heterocycles. The quantitative estimate of drug-likeness (QED) is 0.107. The topological polar surface area (TPSA) is 37.4 Å². The molecule has 0 spiro atoms. The summed E-state index contributed by atoms with van der Waals surface area (Å²) in [5, 5.41) is 11.2. The van der Waals surface area contributed by atoms with Crippen molar-refractivity contribution >= 4 is 98.5 Å². The van der Waals surface area contributed by atoms with Crippen LogP contribution >= 0.6 is 11.3 Å². The number of hydrogen-bond donors (Lipinski definition) is 0. The Kier molecular flexibility index (Phi) is 6.35. The van der Waals surface area contributed by atoms with Gasteiger partial charge in [0, 0.05) is 27.2 Å². The van der Waals surface area contributed by atoms with Gasteiger partial charge in [0.15, 0.2) is 11.6 Å². The molecule has 1 aliphatic carbocycles. The van der Waals surface area contributed by atoms with Crippen LogP contribution < -0.4 is 4.90 Å². The predicted octanol–water partition coefficient (Wildman–Crippen LogP) is 12.4. The third-order valence-corrected chi connectivity index (χ3v) is 11.0. The van der Waals surface area contributed by atoms with Gasteiger partial charge in [-0.3, -0.25) is 9.59 Å². The van der Waals surface area contributed by atoms with Gasteiger partial charge in [0.2, 0.25) is 0 Å². The molecule has 0 atom stereocenters. The van der Waals surface area contributed by atoms with E-state index in [9.17, 15) is 9.59 Å². The number of benzene rings is 8. The SMILES string of the molecule is O=C1C(=Cc2ccc3c(ccc4c5ccc(N(c6ccccc6)c6cc7ccccc7s6)cc5ccc34)c2)C(=O)c2cc3ccccc3cc21. The van der Waals surface area contributed by atoms with Crippen molar-refractivity contribution in [1.29, 1.82) is 0 Å². The Bertz CT molecular complexity index is 2830. The number of anilines is 3. The average molecular weight is 658 g/mol. The first-order valence-electron chi connectivity index (χ1n) is 16.7. The molecular formula is C46H27NO2S. The molecule has 0 bridgehead atoms. The van der Waals surface area contributed by atoms with Gasteiger partial charge in [-0.2, -0.15) is 0 Å². The third-order valence-electron chi connectivity index (χ3n) is 9.92. The van der Waals surface area contributed by atoms with Gasteiger partial charge in [-0.25, -0.2) is 0 Å². The summed E-state index contributed by atoms with van der Waals surface area (Å²) in [5.41, 5.74) is 4.25. The Hall–Kier alpha value is -6.36. The minimum Gasteiger partial charge on any atom is -0.302 e. The number of hydrogen-bond acceptors (Lipinski definition) is 4. The Balaban J connectivity index is 1.03. The molecule has 4 heteroatoms. The van der Waals surface area contributed by atoms with Crippen LogP contribution in [0.5, 0.6) is 0 Å². The minimum atomic E-state index is -0.210. The number of fused-ring (bicyclic) bond motifs is 8. The van der Waals surface area contributed by atoms with Crippen molar-refractivity contribution in [2.45, 2.75) is 0 Å². The van der Waals surface area contributed by atoms with Gasteiger partial charge < -0.3 is 4.90 Å². The molecule has 3 nitrogen and oxygen atoms in total. The smallest absolute Gasteiger partial charge is 0.197 e. The van der Waals surface area contributed by atoms with Crippen molar-refractivity contribution in [2.75, 3.05) is 4.90 Å². The van der Waals surface area contributed by atoms with E-state index >= 15 is 0 Å². The largest absolute Gasteiger partial charge is 0.302 e. The molecule has 1 aliphatic rings. The van der Waals surface area contributed by atoms with Gasteiger partial charge in [-0.05, 0) is 115 Å². The second-order valence-corrected chi connectivity index (χ2v) is 13.9. The number of para-hydroxylation sites is 1. The molecule has 0 fully saturated rings. The number of allylic oxidation sites excluding steroid dienone is 1. The molecule has 8 aromatic carbocycles. The van der Waals surface area contributed by atoms with Crippen molar-refractivity contribution in [2.24, 2.45) is 0 Å². The summed E-state index contributed by atoms with van der Waals surface area (Å²) < 4.78 is 1.27. The molecule has 0 amide bonds. The Morgan fingerprint density at radius 2 is 1.02 bits per heavy atom. The monoisotopic (exact) mass is 657 g/mol. The zero-order valence-corrected chi connectivity index (χ0v) is 27.6. The summed E-state index contributed by atoms with van der Waals surface area (Å²) in [5.74, 6) is -0.420. The molecule has 0 saturated carbocycles. The highest BCUT2D eigenvalue weighted by molar-refractivity contribution is 7.23. The normalized spacial score (nSPS) is 12.8. The number of rotatable bonds is 4. The lowest BCUT2D eigenvalue weighted by molar-refractivity contribution is 0.0990. The Morgan fingerprint density at radius 3 is 1.70 bits per heavy atom. The Labute approximate surface area is 291 Å². The average Bonchev–Trinajstić information content (AvgIpc) is 3.68. The molecule has 50 heavy (non-hydrogen) atoms. The van der Waals surface area contributed by atoms with Crippen LogP contribution in [0.4, 0.5) is 16.4 Å². The van der Waals surface area contributed by atoms with Crippen molar-refractivity contribution in [3.63, 3.8) is 0 Å². The number of ketones is 2. The van der Waals surface area contributed by atoms with E-state index in [1.165, 1.54) is 36.6 Å². The van der Waals surface area contributed by atoms with Gasteiger partial charge in [-0.1, -0.05) is 103 Å². The fraction of sp³-hybridized carbons (Fsp3) is 0. The van der Waals surface area contributed by atoms with Crippen LogP contribution in [0, 0.1) is 0 Å². The maximum atomic E-state index is 13.4. The van der Waals surface area contributed by atoms with Gasteiger partial charge in [0.05, 0.1) is 5.57 Å². The van der Waals surface area contributed by atoms with Crippen LogP contribution in [0.25, 0.3) is 59.3 Å². The van der Waals surface area contributed by atoms with Crippen molar-refractivity contribution < 1.29 is 9.59 Å². The summed E-state index contributed by atoms with van der Waals surface area (Å²) in [4.78, 5) is 29.1. The van der Waals surface area contributed by atoms with Gasteiger partial charge >= 0.3 is 0 Å². The van der Waals surface area contributed by atoms with Crippen LogP contribution in [0.2, 0.25) is 0 Å². The molecule has 0 unspecified atom stereocenters. The summed E-state index contributed by atoms with van der Waals surface area (Å²) in [7, 11) is 0. The summed E-state index contributed by atoms with van der Waals surface area (Å²) in [6, 6.07) is 54.5. The number of nitrogens with zero attached hydrogens (tertiary/aromatic N) is 1. The summed E-state index contributed by atoms with van der Waals surface area (Å²) in [6.45, 7) is 0. The highest BCUT2D eigenvalue weighted by Crippen LogP contribution is 2.43. The first-order valence-corrected chi connectivity index (χ1v) is 17.5. The lowest BCUT2D eigenvalue weighted by Gasteiger charge is -2.24. The molecule has 1 heterocycles. The first-order chi connectivity index (χ1) is 24.6. The molecule has 10 rings (SSSR count). The van der Waals surface area contributed by atoms with Crippen molar-refractivity contribution in [1.82, 2.24) is 0 Å². The molecule has 0 N–H and O–H groups in total. The van der Waals surface area contributed by atoms with E-state index in [1.807, 2.05) is 42.5 Å². The fourth-order valence-corrected chi connectivity index (χ4v) is 8.59. The second-order valence-electron chi connectivity index (χ2n) is 12.9. The van der Waals surface area contributed by atoms with Gasteiger partial charge in [-0.15, -0.1) is 11.3 Å². The highest BCUT2D eigenvalue weighted by atomic mass is 32.1. The van der Waals surface area contributed by atoms with E-state index < -0.39 is 0 Å². The van der Waals surface area contributed by atoms with Crippen molar-refractivity contribution in [3.8, 4) is 0 Å². The first kappa shape index (κ1) is 28.6. The number of thiophene rings is 1. The maximum absolute atomic E-state index is 13.4. The van der Waals surface area contributed by atoms with E-state index in [2.05, 4.69) is 120 Å². The second kappa shape index (κ2) is 11.1. The van der Waals surface area contributed by atoms with E-state index in [-0.39, 0.29) is 17.1 Å².